The average molecular weight is 438 g/mol. The van der Waals surface area contributed by atoms with E-state index < -0.39 is 17.5 Å². The third-order valence-electron chi connectivity index (χ3n) is 4.52. The molecule has 3 aromatic rings. The van der Waals surface area contributed by atoms with Gasteiger partial charge in [-0.25, -0.2) is 9.18 Å². The minimum atomic E-state index is -0.685. The van der Waals surface area contributed by atoms with Crippen molar-refractivity contribution in [2.45, 2.75) is 52.7 Å². The van der Waals surface area contributed by atoms with Crippen LogP contribution < -0.4 is 4.74 Å². The van der Waals surface area contributed by atoms with Crippen LogP contribution in [0.4, 0.5) is 9.18 Å². The Kier molecular flexibility index (Phi) is 7.08. The number of rotatable bonds is 7. The fourth-order valence-electron chi connectivity index (χ4n) is 3.07. The molecule has 0 unspecified atom stereocenters. The van der Waals surface area contributed by atoms with Crippen molar-refractivity contribution in [3.8, 4) is 17.0 Å². The van der Waals surface area contributed by atoms with Crippen molar-refractivity contribution in [1.29, 1.82) is 0 Å². The first-order chi connectivity index (χ1) is 15.2. The van der Waals surface area contributed by atoms with E-state index in [0.29, 0.717) is 34.6 Å². The molecule has 7 heteroatoms. The molecule has 0 aliphatic rings. The summed E-state index contributed by atoms with van der Waals surface area (Å²) in [6, 6.07) is 12.9. The van der Waals surface area contributed by atoms with E-state index >= 15 is 0 Å². The average Bonchev–Trinajstić information content (AvgIpc) is 3.16. The molecule has 0 atom stereocenters. The van der Waals surface area contributed by atoms with Crippen LogP contribution in [0.15, 0.2) is 54.7 Å². The lowest BCUT2D eigenvalue weighted by Gasteiger charge is -2.18. The normalized spacial score (nSPS) is 11.3. The highest BCUT2D eigenvalue weighted by atomic mass is 19.1. The summed E-state index contributed by atoms with van der Waals surface area (Å²) < 4.78 is 26.1. The van der Waals surface area contributed by atoms with E-state index in [1.807, 2.05) is 6.92 Å². The highest BCUT2D eigenvalue weighted by Crippen LogP contribution is 2.25. The summed E-state index contributed by atoms with van der Waals surface area (Å²) in [6.07, 6.45) is 2.18. The lowest BCUT2D eigenvalue weighted by molar-refractivity contribution is 0.0514. The number of aromatic nitrogens is 2. The molecular formula is C25H27FN2O4. The van der Waals surface area contributed by atoms with Crippen LogP contribution in [-0.4, -0.2) is 27.3 Å². The van der Waals surface area contributed by atoms with Crippen LogP contribution in [0, 0.1) is 5.82 Å². The summed E-state index contributed by atoms with van der Waals surface area (Å²) in [4.78, 5) is 24.5. The molecule has 3 rings (SSSR count). The fourth-order valence-corrected chi connectivity index (χ4v) is 3.07. The number of halogens is 1. The SMILES string of the molecule is CCCC(=O)c1ccc(OCc2cn(C(=O)OC(C)(C)C)nc2-c2cccc(F)c2)cc1. The molecule has 32 heavy (non-hydrogen) atoms. The van der Waals surface area contributed by atoms with E-state index in [1.54, 1.807) is 57.2 Å². The monoisotopic (exact) mass is 438 g/mol. The van der Waals surface area contributed by atoms with Gasteiger partial charge in [0, 0.05) is 29.3 Å². The van der Waals surface area contributed by atoms with Crippen LogP contribution in [0.3, 0.4) is 0 Å². The zero-order chi connectivity index (χ0) is 23.3. The first-order valence-corrected chi connectivity index (χ1v) is 10.5. The van der Waals surface area contributed by atoms with Crippen LogP contribution in [-0.2, 0) is 11.3 Å². The van der Waals surface area contributed by atoms with Crippen LogP contribution >= 0.6 is 0 Å². The Morgan fingerprint density at radius 2 is 1.81 bits per heavy atom. The van der Waals surface area contributed by atoms with Crippen LogP contribution in [0.5, 0.6) is 5.75 Å². The molecular weight excluding hydrogens is 411 g/mol. The second-order valence-electron chi connectivity index (χ2n) is 8.42. The van der Waals surface area contributed by atoms with Gasteiger partial charge in [-0.2, -0.15) is 9.78 Å². The van der Waals surface area contributed by atoms with Gasteiger partial charge in [-0.15, -0.1) is 0 Å². The Hall–Kier alpha value is -3.48. The van der Waals surface area contributed by atoms with E-state index in [0.717, 1.165) is 11.1 Å². The Bertz CT molecular complexity index is 1100. The second kappa shape index (κ2) is 9.77. The van der Waals surface area contributed by atoms with Gasteiger partial charge in [-0.3, -0.25) is 4.79 Å². The van der Waals surface area contributed by atoms with Crippen molar-refractivity contribution < 1.29 is 23.5 Å². The summed E-state index contributed by atoms with van der Waals surface area (Å²) in [7, 11) is 0. The third-order valence-corrected chi connectivity index (χ3v) is 4.52. The predicted molar refractivity (Wildman–Crippen MR) is 119 cm³/mol. The van der Waals surface area contributed by atoms with Crippen molar-refractivity contribution in [2.24, 2.45) is 0 Å². The first-order valence-electron chi connectivity index (χ1n) is 10.5. The van der Waals surface area contributed by atoms with Crippen LogP contribution in [0.25, 0.3) is 11.3 Å². The van der Waals surface area contributed by atoms with E-state index in [1.165, 1.54) is 18.3 Å². The number of ether oxygens (including phenoxy) is 2. The lowest BCUT2D eigenvalue weighted by Crippen LogP contribution is -2.27. The van der Waals surface area contributed by atoms with Crippen molar-refractivity contribution in [1.82, 2.24) is 9.78 Å². The number of Topliss-reactive ketones (excluding diaryl/α,β-unsaturated/α-hetero) is 1. The fraction of sp³-hybridized carbons (Fsp3) is 0.320. The number of carbonyl (C=O) groups excluding carboxylic acids is 2. The molecule has 0 aliphatic carbocycles. The zero-order valence-corrected chi connectivity index (χ0v) is 18.7. The largest absolute Gasteiger partial charge is 0.489 e. The summed E-state index contributed by atoms with van der Waals surface area (Å²) in [6.45, 7) is 7.35. The minimum absolute atomic E-state index is 0.0890. The minimum Gasteiger partial charge on any atom is -0.489 e. The Balaban J connectivity index is 1.84. The van der Waals surface area contributed by atoms with E-state index in [2.05, 4.69) is 5.10 Å². The van der Waals surface area contributed by atoms with E-state index in [-0.39, 0.29) is 12.4 Å². The lowest BCUT2D eigenvalue weighted by atomic mass is 10.1. The van der Waals surface area contributed by atoms with Crippen molar-refractivity contribution >= 4 is 11.9 Å². The van der Waals surface area contributed by atoms with Gasteiger partial charge in [0.1, 0.15) is 23.8 Å². The second-order valence-corrected chi connectivity index (χ2v) is 8.42. The van der Waals surface area contributed by atoms with E-state index in [9.17, 15) is 14.0 Å². The molecule has 0 amide bonds. The number of hydrogen-bond acceptors (Lipinski definition) is 5. The maximum Gasteiger partial charge on any atom is 0.435 e. The molecule has 0 saturated carbocycles. The smallest absolute Gasteiger partial charge is 0.435 e. The van der Waals surface area contributed by atoms with Gasteiger partial charge in [0.05, 0.1) is 5.69 Å². The quantitative estimate of drug-likeness (QED) is 0.421. The maximum absolute atomic E-state index is 13.8. The molecule has 0 N–H and O–H groups in total. The molecule has 2 aromatic carbocycles. The van der Waals surface area contributed by atoms with Gasteiger partial charge in [0.2, 0.25) is 0 Å². The highest BCUT2D eigenvalue weighted by molar-refractivity contribution is 5.96. The molecule has 0 fully saturated rings. The summed E-state index contributed by atoms with van der Waals surface area (Å²) in [5.74, 6) is 0.243. The number of benzene rings is 2. The molecule has 0 aliphatic heterocycles. The summed E-state index contributed by atoms with van der Waals surface area (Å²) in [5, 5.41) is 4.33. The number of hydrogen-bond donors (Lipinski definition) is 0. The molecule has 6 nitrogen and oxygen atoms in total. The molecule has 0 radical (unpaired) electrons. The van der Waals surface area contributed by atoms with Gasteiger partial charge >= 0.3 is 6.09 Å². The van der Waals surface area contributed by atoms with E-state index in [4.69, 9.17) is 9.47 Å². The molecule has 0 saturated heterocycles. The Morgan fingerprint density at radius 1 is 1.09 bits per heavy atom. The molecule has 0 bridgehead atoms. The van der Waals surface area contributed by atoms with Gasteiger partial charge in [0.15, 0.2) is 5.78 Å². The Labute approximate surface area is 187 Å². The number of ketones is 1. The number of nitrogens with zero attached hydrogens (tertiary/aromatic N) is 2. The highest BCUT2D eigenvalue weighted by Gasteiger charge is 2.21. The van der Waals surface area contributed by atoms with Crippen molar-refractivity contribution in [2.75, 3.05) is 0 Å². The van der Waals surface area contributed by atoms with Gasteiger partial charge in [-0.1, -0.05) is 19.1 Å². The van der Waals surface area contributed by atoms with Gasteiger partial charge in [0.25, 0.3) is 0 Å². The third kappa shape index (κ3) is 6.03. The van der Waals surface area contributed by atoms with Gasteiger partial charge in [-0.05, 0) is 63.6 Å². The molecule has 168 valence electrons. The van der Waals surface area contributed by atoms with Crippen molar-refractivity contribution in [3.05, 3.63) is 71.7 Å². The van der Waals surface area contributed by atoms with Crippen LogP contribution in [0.1, 0.15) is 56.5 Å². The standard InChI is InChI=1S/C25H27FN2O4/c1-5-7-22(29)17-10-12-21(13-11-17)31-16-19-15-28(24(30)32-25(2,3)4)27-23(19)18-8-6-9-20(26)14-18/h6,8-15H,5,7,16H2,1-4H3. The molecule has 0 spiro atoms. The zero-order valence-electron chi connectivity index (χ0n) is 18.7. The molecule has 1 heterocycles. The van der Waals surface area contributed by atoms with Crippen LogP contribution in [0.2, 0.25) is 0 Å². The van der Waals surface area contributed by atoms with Gasteiger partial charge < -0.3 is 9.47 Å². The maximum atomic E-state index is 13.8. The Morgan fingerprint density at radius 3 is 2.44 bits per heavy atom. The number of carbonyl (C=O) groups is 2. The predicted octanol–water partition coefficient (Wildman–Crippen LogP) is 6.03. The summed E-state index contributed by atoms with van der Waals surface area (Å²) >= 11 is 0. The topological polar surface area (TPSA) is 70.4 Å². The molecule has 1 aromatic heterocycles. The van der Waals surface area contributed by atoms with Crippen molar-refractivity contribution in [3.63, 3.8) is 0 Å². The first kappa shape index (κ1) is 23.2. The summed E-state index contributed by atoms with van der Waals surface area (Å²) in [5.41, 5.74) is 1.48.